The van der Waals surface area contributed by atoms with Gasteiger partial charge in [-0.2, -0.15) is 4.68 Å². The van der Waals surface area contributed by atoms with Crippen LogP contribution in [-0.4, -0.2) is 67.3 Å². The Morgan fingerprint density at radius 1 is 1.38 bits per heavy atom. The zero-order chi connectivity index (χ0) is 18.1. The number of carboxylic acid groups (broad SMARTS) is 1. The molecule has 0 aliphatic heterocycles. The minimum atomic E-state index is -0.789. The summed E-state index contributed by atoms with van der Waals surface area (Å²) in [6, 6.07) is 2.12. The number of carbonyl (C=O) groups excluding carboxylic acids is 1. The molecule has 0 aromatic carbocycles. The molecule has 2 heterocycles. The lowest BCUT2D eigenvalue weighted by atomic mass is 9.85. The number of aromatic nitrogens is 4. The lowest BCUT2D eigenvalue weighted by molar-refractivity contribution is -0.139. The smallest absolute Gasteiger partial charge is 0.317 e. The summed E-state index contributed by atoms with van der Waals surface area (Å²) in [5.41, 5.74) is 0.662. The van der Waals surface area contributed by atoms with Crippen molar-refractivity contribution in [2.75, 3.05) is 13.1 Å². The fourth-order valence-electron chi connectivity index (χ4n) is 3.33. The van der Waals surface area contributed by atoms with Crippen LogP contribution in [0.3, 0.4) is 0 Å². The summed E-state index contributed by atoms with van der Waals surface area (Å²) >= 11 is 1.35. The summed E-state index contributed by atoms with van der Waals surface area (Å²) in [4.78, 5) is 26.3. The van der Waals surface area contributed by atoms with Gasteiger partial charge in [-0.15, -0.1) is 16.4 Å². The van der Waals surface area contributed by atoms with E-state index in [0.717, 1.165) is 19.4 Å². The fourth-order valence-corrected chi connectivity index (χ4v) is 4.11. The van der Waals surface area contributed by atoms with E-state index in [1.165, 1.54) is 35.2 Å². The Balaban J connectivity index is 1.33. The van der Waals surface area contributed by atoms with Crippen molar-refractivity contribution in [1.82, 2.24) is 30.4 Å². The van der Waals surface area contributed by atoms with Crippen molar-refractivity contribution in [3.8, 4) is 5.69 Å². The first-order valence-electron chi connectivity index (χ1n) is 8.67. The summed E-state index contributed by atoms with van der Waals surface area (Å²) in [6.45, 7) is 0.933. The van der Waals surface area contributed by atoms with Gasteiger partial charge in [0, 0.05) is 18.6 Å². The van der Waals surface area contributed by atoms with Crippen LogP contribution in [0.25, 0.3) is 5.69 Å². The second kappa shape index (κ2) is 7.12. The number of thiophene rings is 1. The molecule has 1 amide bonds. The molecule has 4 rings (SSSR count). The molecule has 2 aromatic rings. The number of hydrogen-bond donors (Lipinski definition) is 2. The van der Waals surface area contributed by atoms with E-state index >= 15 is 0 Å². The Morgan fingerprint density at radius 3 is 2.85 bits per heavy atom. The van der Waals surface area contributed by atoms with Crippen LogP contribution >= 0.6 is 11.3 Å². The molecule has 0 bridgehead atoms. The first-order valence-corrected chi connectivity index (χ1v) is 9.55. The molecule has 138 valence electrons. The van der Waals surface area contributed by atoms with Crippen molar-refractivity contribution in [3.05, 3.63) is 22.7 Å². The molecule has 0 spiro atoms. The van der Waals surface area contributed by atoms with Crippen molar-refractivity contribution in [2.45, 2.75) is 37.8 Å². The molecular formula is C16H20N6O3S. The van der Waals surface area contributed by atoms with Crippen LogP contribution in [0.2, 0.25) is 0 Å². The average molecular weight is 376 g/mol. The number of tetrazole rings is 1. The standard InChI is InChI=1S/C16H20N6O3S/c23-14(24)8-21(7-10-1-2-10)12-5-11(6-12)18-16(25)15-13(3-4-26-15)22-9-17-19-20-22/h3-4,9-12H,1-2,5-8H2,(H,18,25)(H,23,24). The Bertz CT molecular complexity index is 782. The molecule has 10 heteroatoms. The van der Waals surface area contributed by atoms with E-state index in [0.29, 0.717) is 16.5 Å². The molecule has 0 atom stereocenters. The van der Waals surface area contributed by atoms with Gasteiger partial charge in [-0.05, 0) is 53.5 Å². The Morgan fingerprint density at radius 2 is 2.19 bits per heavy atom. The minimum absolute atomic E-state index is 0.0758. The van der Waals surface area contributed by atoms with Crippen molar-refractivity contribution >= 4 is 23.2 Å². The zero-order valence-electron chi connectivity index (χ0n) is 14.1. The first kappa shape index (κ1) is 17.1. The maximum atomic E-state index is 12.6. The van der Waals surface area contributed by atoms with Gasteiger partial charge in [0.1, 0.15) is 11.2 Å². The molecule has 2 aromatic heterocycles. The maximum absolute atomic E-state index is 12.6. The van der Waals surface area contributed by atoms with Crippen molar-refractivity contribution in [3.63, 3.8) is 0 Å². The summed E-state index contributed by atoms with van der Waals surface area (Å²) in [7, 11) is 0. The van der Waals surface area contributed by atoms with E-state index in [-0.39, 0.29) is 24.5 Å². The van der Waals surface area contributed by atoms with E-state index in [4.69, 9.17) is 5.11 Å². The quantitative estimate of drug-likeness (QED) is 0.700. The molecule has 0 radical (unpaired) electrons. The number of hydrogen-bond acceptors (Lipinski definition) is 7. The Kier molecular flexibility index (Phi) is 4.68. The van der Waals surface area contributed by atoms with Gasteiger partial charge in [-0.25, -0.2) is 0 Å². The molecule has 2 aliphatic rings. The van der Waals surface area contributed by atoms with E-state index in [9.17, 15) is 9.59 Å². The molecule has 2 fully saturated rings. The molecule has 2 saturated carbocycles. The van der Waals surface area contributed by atoms with Gasteiger partial charge in [-0.1, -0.05) is 0 Å². The van der Waals surface area contributed by atoms with Crippen LogP contribution < -0.4 is 5.32 Å². The van der Waals surface area contributed by atoms with Crippen molar-refractivity contribution in [2.24, 2.45) is 5.92 Å². The van der Waals surface area contributed by atoms with Gasteiger partial charge < -0.3 is 10.4 Å². The third kappa shape index (κ3) is 3.75. The summed E-state index contributed by atoms with van der Waals surface area (Å²) < 4.78 is 1.47. The summed E-state index contributed by atoms with van der Waals surface area (Å²) in [5, 5.41) is 25.0. The molecule has 2 N–H and O–H groups in total. The number of amides is 1. The second-order valence-electron chi connectivity index (χ2n) is 6.95. The monoisotopic (exact) mass is 376 g/mol. The molecule has 0 saturated heterocycles. The molecule has 0 unspecified atom stereocenters. The van der Waals surface area contributed by atoms with E-state index in [1.807, 2.05) is 11.4 Å². The number of aliphatic carboxylic acids is 1. The highest BCUT2D eigenvalue weighted by Gasteiger charge is 2.38. The predicted molar refractivity (Wildman–Crippen MR) is 93.2 cm³/mol. The predicted octanol–water partition coefficient (Wildman–Crippen LogP) is 0.781. The molecular weight excluding hydrogens is 356 g/mol. The van der Waals surface area contributed by atoms with Gasteiger partial charge in [0.25, 0.3) is 5.91 Å². The summed E-state index contributed by atoms with van der Waals surface area (Å²) in [6.07, 6.45) is 5.43. The van der Waals surface area contributed by atoms with Gasteiger partial charge >= 0.3 is 5.97 Å². The number of nitrogens with one attached hydrogen (secondary N) is 1. The van der Waals surface area contributed by atoms with Crippen LogP contribution in [-0.2, 0) is 4.79 Å². The highest BCUT2D eigenvalue weighted by atomic mass is 32.1. The third-order valence-corrected chi connectivity index (χ3v) is 5.84. The molecule has 9 nitrogen and oxygen atoms in total. The first-order chi connectivity index (χ1) is 12.6. The molecule has 2 aliphatic carbocycles. The zero-order valence-corrected chi connectivity index (χ0v) is 14.9. The highest BCUT2D eigenvalue weighted by molar-refractivity contribution is 7.12. The van der Waals surface area contributed by atoms with E-state index < -0.39 is 5.97 Å². The fraction of sp³-hybridized carbons (Fsp3) is 0.562. The van der Waals surface area contributed by atoms with Gasteiger partial charge in [0.05, 0.1) is 12.2 Å². The maximum Gasteiger partial charge on any atom is 0.317 e. The number of rotatable bonds is 8. The third-order valence-electron chi connectivity index (χ3n) is 4.94. The largest absolute Gasteiger partial charge is 0.480 e. The normalized spacial score (nSPS) is 22.2. The van der Waals surface area contributed by atoms with Crippen molar-refractivity contribution < 1.29 is 14.7 Å². The Hall–Kier alpha value is -2.33. The van der Waals surface area contributed by atoms with E-state index in [1.54, 1.807) is 0 Å². The highest BCUT2D eigenvalue weighted by Crippen LogP contribution is 2.34. The minimum Gasteiger partial charge on any atom is -0.480 e. The van der Waals surface area contributed by atoms with Crippen LogP contribution in [0, 0.1) is 5.92 Å². The van der Waals surface area contributed by atoms with Crippen molar-refractivity contribution in [1.29, 1.82) is 0 Å². The second-order valence-corrected chi connectivity index (χ2v) is 7.87. The van der Waals surface area contributed by atoms with Crippen LogP contribution in [0.1, 0.15) is 35.4 Å². The number of carboxylic acids is 1. The number of carbonyl (C=O) groups is 2. The number of nitrogens with zero attached hydrogens (tertiary/aromatic N) is 5. The van der Waals surface area contributed by atoms with Gasteiger partial charge in [0.15, 0.2) is 0 Å². The van der Waals surface area contributed by atoms with Crippen LogP contribution in [0.4, 0.5) is 0 Å². The summed E-state index contributed by atoms with van der Waals surface area (Å²) in [5.74, 6) is -0.281. The lowest BCUT2D eigenvalue weighted by Crippen LogP contribution is -2.55. The lowest BCUT2D eigenvalue weighted by Gasteiger charge is -2.42. The SMILES string of the molecule is O=C(O)CN(CC1CC1)C1CC(NC(=O)c2sccc2-n2cnnn2)C1. The molecule has 26 heavy (non-hydrogen) atoms. The van der Waals surface area contributed by atoms with Gasteiger partial charge in [0.2, 0.25) is 0 Å². The Labute approximate surface area is 154 Å². The van der Waals surface area contributed by atoms with Gasteiger partial charge in [-0.3, -0.25) is 14.5 Å². The van der Waals surface area contributed by atoms with E-state index in [2.05, 4.69) is 25.7 Å². The average Bonchev–Trinajstić information content (AvgIpc) is 3.03. The van der Waals surface area contributed by atoms with Crippen LogP contribution in [0.5, 0.6) is 0 Å². The topological polar surface area (TPSA) is 113 Å². The van der Waals surface area contributed by atoms with Crippen LogP contribution in [0.15, 0.2) is 17.8 Å².